The van der Waals surface area contributed by atoms with Gasteiger partial charge in [0.05, 0.1) is 41.4 Å². The van der Waals surface area contributed by atoms with Crippen molar-refractivity contribution >= 4 is 17.4 Å². The number of rotatable bonds is 5. The van der Waals surface area contributed by atoms with E-state index in [1.165, 1.54) is 12.4 Å². The third kappa shape index (κ3) is 3.97. The molecule has 4 aromatic rings. The number of carbonyl (C=O) groups is 1. The second-order valence-corrected chi connectivity index (χ2v) is 7.29. The highest BCUT2D eigenvalue weighted by atomic mass is 35.5. The summed E-state index contributed by atoms with van der Waals surface area (Å²) in [4.78, 5) is 25.0. The number of pyridine rings is 1. The van der Waals surface area contributed by atoms with Crippen molar-refractivity contribution in [1.82, 2.24) is 24.7 Å². The number of aryl methyl sites for hydroxylation is 1. The van der Waals surface area contributed by atoms with Gasteiger partial charge in [-0.25, -0.2) is 4.39 Å². The summed E-state index contributed by atoms with van der Waals surface area (Å²) >= 11 is 6.37. The first kappa shape index (κ1) is 19.8. The van der Waals surface area contributed by atoms with Gasteiger partial charge in [0.2, 0.25) is 0 Å². The molecule has 4 rings (SSSR count). The Morgan fingerprint density at radius 1 is 1.10 bits per heavy atom. The Labute approximate surface area is 177 Å². The summed E-state index contributed by atoms with van der Waals surface area (Å²) < 4.78 is 15.4. The lowest BCUT2D eigenvalue weighted by Gasteiger charge is -2.08. The zero-order valence-corrected chi connectivity index (χ0v) is 17.1. The van der Waals surface area contributed by atoms with Crippen LogP contribution < -0.4 is 0 Å². The standard InChI is InChI=1S/C22H17ClFN5O/c1-13-18(9-25-10-20(13)24)22(30)6-16-8-27-21(11-26-16)17-5-14(3-4-19(17)23)15-7-28-29(2)12-15/h3-5,7-12H,6H2,1-2H3. The summed E-state index contributed by atoms with van der Waals surface area (Å²) in [5.41, 5.74) is 4.24. The molecule has 0 saturated heterocycles. The number of Topliss-reactive ketones (excluding diaryl/α,β-unsaturated/α-hetero) is 1. The Morgan fingerprint density at radius 3 is 2.63 bits per heavy atom. The highest BCUT2D eigenvalue weighted by Crippen LogP contribution is 2.31. The Hall–Kier alpha value is -3.45. The average molecular weight is 422 g/mol. The maximum atomic E-state index is 13.7. The molecule has 150 valence electrons. The highest BCUT2D eigenvalue weighted by Gasteiger charge is 2.15. The van der Waals surface area contributed by atoms with Crippen LogP contribution in [-0.4, -0.2) is 30.5 Å². The molecule has 3 aromatic heterocycles. The molecule has 0 saturated carbocycles. The molecule has 0 atom stereocenters. The number of aromatic nitrogens is 5. The van der Waals surface area contributed by atoms with Gasteiger partial charge in [-0.15, -0.1) is 0 Å². The molecule has 1 aromatic carbocycles. The second-order valence-electron chi connectivity index (χ2n) is 6.88. The summed E-state index contributed by atoms with van der Waals surface area (Å²) in [5.74, 6) is -0.774. The number of nitrogens with zero attached hydrogens (tertiary/aromatic N) is 5. The van der Waals surface area contributed by atoms with Gasteiger partial charge in [0.25, 0.3) is 0 Å². The topological polar surface area (TPSA) is 73.6 Å². The van der Waals surface area contributed by atoms with Crippen LogP contribution >= 0.6 is 11.6 Å². The third-order valence-electron chi connectivity index (χ3n) is 4.78. The lowest BCUT2D eigenvalue weighted by Crippen LogP contribution is -2.09. The van der Waals surface area contributed by atoms with E-state index in [0.717, 1.165) is 22.9 Å². The largest absolute Gasteiger partial charge is 0.294 e. The molecule has 0 aliphatic rings. The fourth-order valence-corrected chi connectivity index (χ4v) is 3.31. The molecule has 0 amide bonds. The van der Waals surface area contributed by atoms with Gasteiger partial charge < -0.3 is 0 Å². The van der Waals surface area contributed by atoms with E-state index in [2.05, 4.69) is 20.1 Å². The van der Waals surface area contributed by atoms with Crippen LogP contribution in [0.2, 0.25) is 5.02 Å². The SMILES string of the molecule is Cc1c(F)cncc1C(=O)Cc1cnc(-c2cc(-c3cnn(C)c3)ccc2Cl)cn1. The Morgan fingerprint density at radius 2 is 1.93 bits per heavy atom. The van der Waals surface area contributed by atoms with Crippen LogP contribution in [0.15, 0.2) is 55.4 Å². The number of ketones is 1. The van der Waals surface area contributed by atoms with E-state index in [9.17, 15) is 9.18 Å². The summed E-state index contributed by atoms with van der Waals surface area (Å²) in [6.07, 6.45) is 9.25. The molecule has 0 aliphatic carbocycles. The molecule has 30 heavy (non-hydrogen) atoms. The van der Waals surface area contributed by atoms with Gasteiger partial charge in [0, 0.05) is 42.3 Å². The van der Waals surface area contributed by atoms with E-state index in [1.807, 2.05) is 25.4 Å². The van der Waals surface area contributed by atoms with E-state index in [1.54, 1.807) is 30.1 Å². The second kappa shape index (κ2) is 8.12. The van der Waals surface area contributed by atoms with Gasteiger partial charge in [-0.05, 0) is 30.2 Å². The minimum absolute atomic E-state index is 0.00269. The monoisotopic (exact) mass is 421 g/mol. The van der Waals surface area contributed by atoms with E-state index < -0.39 is 5.82 Å². The van der Waals surface area contributed by atoms with E-state index in [0.29, 0.717) is 16.4 Å². The van der Waals surface area contributed by atoms with Crippen molar-refractivity contribution in [3.8, 4) is 22.4 Å². The van der Waals surface area contributed by atoms with Crippen LogP contribution in [0.5, 0.6) is 0 Å². The quantitative estimate of drug-likeness (QED) is 0.444. The summed E-state index contributed by atoms with van der Waals surface area (Å²) in [6, 6.07) is 5.65. The molecular weight excluding hydrogens is 405 g/mol. The van der Waals surface area contributed by atoms with Crippen molar-refractivity contribution in [1.29, 1.82) is 0 Å². The van der Waals surface area contributed by atoms with Crippen LogP contribution in [-0.2, 0) is 13.5 Å². The molecule has 0 aliphatic heterocycles. The van der Waals surface area contributed by atoms with Crippen LogP contribution in [0.3, 0.4) is 0 Å². The van der Waals surface area contributed by atoms with Gasteiger partial charge >= 0.3 is 0 Å². The van der Waals surface area contributed by atoms with Crippen LogP contribution in [0.25, 0.3) is 22.4 Å². The molecule has 0 bridgehead atoms. The maximum absolute atomic E-state index is 13.7. The minimum atomic E-state index is -0.509. The van der Waals surface area contributed by atoms with Crippen LogP contribution in [0.4, 0.5) is 4.39 Å². The predicted molar refractivity (Wildman–Crippen MR) is 112 cm³/mol. The van der Waals surface area contributed by atoms with Crippen molar-refractivity contribution in [3.63, 3.8) is 0 Å². The van der Waals surface area contributed by atoms with Crippen molar-refractivity contribution in [2.24, 2.45) is 7.05 Å². The molecule has 0 radical (unpaired) electrons. The van der Waals surface area contributed by atoms with Crippen LogP contribution in [0.1, 0.15) is 21.6 Å². The molecular formula is C22H17ClFN5O. The van der Waals surface area contributed by atoms with Gasteiger partial charge in [-0.1, -0.05) is 17.7 Å². The summed E-state index contributed by atoms with van der Waals surface area (Å²) in [7, 11) is 1.85. The van der Waals surface area contributed by atoms with E-state index >= 15 is 0 Å². The van der Waals surface area contributed by atoms with Crippen molar-refractivity contribution in [3.05, 3.63) is 83.0 Å². The fraction of sp³-hybridized carbons (Fsp3) is 0.136. The first-order valence-corrected chi connectivity index (χ1v) is 9.53. The molecule has 0 fully saturated rings. The van der Waals surface area contributed by atoms with Crippen molar-refractivity contribution < 1.29 is 9.18 Å². The van der Waals surface area contributed by atoms with E-state index in [-0.39, 0.29) is 23.3 Å². The number of halogens is 2. The zero-order chi connectivity index (χ0) is 21.3. The maximum Gasteiger partial charge on any atom is 0.170 e. The number of hydrogen-bond acceptors (Lipinski definition) is 5. The smallest absolute Gasteiger partial charge is 0.170 e. The van der Waals surface area contributed by atoms with Gasteiger partial charge in [0.1, 0.15) is 5.82 Å². The van der Waals surface area contributed by atoms with Crippen molar-refractivity contribution in [2.75, 3.05) is 0 Å². The van der Waals surface area contributed by atoms with Crippen LogP contribution in [0, 0.1) is 12.7 Å². The van der Waals surface area contributed by atoms with Gasteiger partial charge in [-0.2, -0.15) is 5.10 Å². The highest BCUT2D eigenvalue weighted by molar-refractivity contribution is 6.33. The molecule has 0 unspecified atom stereocenters. The predicted octanol–water partition coefficient (Wildman–Crippen LogP) is 4.47. The first-order valence-electron chi connectivity index (χ1n) is 9.15. The number of hydrogen-bond donors (Lipinski definition) is 0. The molecule has 6 nitrogen and oxygen atoms in total. The minimum Gasteiger partial charge on any atom is -0.294 e. The molecule has 3 heterocycles. The summed E-state index contributed by atoms with van der Waals surface area (Å²) in [6.45, 7) is 1.55. The molecule has 0 N–H and O–H groups in total. The molecule has 0 spiro atoms. The first-order chi connectivity index (χ1) is 14.4. The fourth-order valence-electron chi connectivity index (χ4n) is 3.10. The Kier molecular flexibility index (Phi) is 5.37. The lowest BCUT2D eigenvalue weighted by atomic mass is 10.0. The van der Waals surface area contributed by atoms with Gasteiger partial charge in [-0.3, -0.25) is 24.4 Å². The van der Waals surface area contributed by atoms with E-state index in [4.69, 9.17) is 11.6 Å². The zero-order valence-electron chi connectivity index (χ0n) is 16.3. The average Bonchev–Trinajstić information content (AvgIpc) is 3.17. The van der Waals surface area contributed by atoms with Gasteiger partial charge in [0.15, 0.2) is 5.78 Å². The Bertz CT molecular complexity index is 1240. The number of benzene rings is 1. The normalized spacial score (nSPS) is 10.9. The summed E-state index contributed by atoms with van der Waals surface area (Å²) in [5, 5.41) is 4.73. The number of carbonyl (C=O) groups excluding carboxylic acids is 1. The molecule has 8 heteroatoms. The third-order valence-corrected chi connectivity index (χ3v) is 5.11. The lowest BCUT2D eigenvalue weighted by molar-refractivity contribution is 0.0990. The van der Waals surface area contributed by atoms with Crippen molar-refractivity contribution in [2.45, 2.75) is 13.3 Å². The Balaban J connectivity index is 1.58.